The number of thiocarbonyl (C=S) groups is 1. The van der Waals surface area contributed by atoms with Gasteiger partial charge in [0.25, 0.3) is 5.91 Å². The van der Waals surface area contributed by atoms with E-state index >= 15 is 0 Å². The fraction of sp³-hybridized carbons (Fsp3) is 0.300. The fourth-order valence-electron chi connectivity index (χ4n) is 2.16. The van der Waals surface area contributed by atoms with E-state index in [0.29, 0.717) is 5.75 Å². The third kappa shape index (κ3) is 6.19. The minimum Gasteiger partial charge on any atom is -0.484 e. The maximum absolute atomic E-state index is 11.9. The highest BCUT2D eigenvalue weighted by Gasteiger charge is 2.13. The van der Waals surface area contributed by atoms with Crippen LogP contribution in [0.2, 0.25) is 0 Å². The Kier molecular flexibility index (Phi) is 6.15. The lowest BCUT2D eigenvalue weighted by Gasteiger charge is -2.19. The van der Waals surface area contributed by atoms with E-state index in [2.05, 4.69) is 31.4 Å². The van der Waals surface area contributed by atoms with Gasteiger partial charge in [0.05, 0.1) is 0 Å². The van der Waals surface area contributed by atoms with Gasteiger partial charge in [0, 0.05) is 5.69 Å². The number of amides is 1. The van der Waals surface area contributed by atoms with Crippen molar-refractivity contribution in [2.45, 2.75) is 33.1 Å². The average Bonchev–Trinajstić information content (AvgIpc) is 2.54. The van der Waals surface area contributed by atoms with Crippen molar-refractivity contribution in [1.82, 2.24) is 5.32 Å². The Morgan fingerprint density at radius 3 is 2.20 bits per heavy atom. The van der Waals surface area contributed by atoms with Crippen LogP contribution in [0.3, 0.4) is 0 Å². The summed E-state index contributed by atoms with van der Waals surface area (Å²) in [5.74, 6) is 0.352. The summed E-state index contributed by atoms with van der Waals surface area (Å²) in [4.78, 5) is 11.9. The molecule has 5 heteroatoms. The third-order valence-corrected chi connectivity index (χ3v) is 3.86. The molecule has 0 aromatic heterocycles. The molecule has 2 aromatic carbocycles. The van der Waals surface area contributed by atoms with E-state index in [0.717, 1.165) is 11.3 Å². The van der Waals surface area contributed by atoms with Gasteiger partial charge >= 0.3 is 0 Å². The lowest BCUT2D eigenvalue weighted by Crippen LogP contribution is -2.37. The van der Waals surface area contributed by atoms with Crippen molar-refractivity contribution in [3.05, 3.63) is 59.7 Å². The van der Waals surface area contributed by atoms with Crippen molar-refractivity contribution < 1.29 is 9.53 Å². The Labute approximate surface area is 154 Å². The number of ether oxygens (including phenoxy) is 1. The van der Waals surface area contributed by atoms with Crippen LogP contribution in [-0.4, -0.2) is 17.6 Å². The molecular weight excluding hydrogens is 332 g/mol. The summed E-state index contributed by atoms with van der Waals surface area (Å²) in [6.07, 6.45) is 0. The first-order valence-corrected chi connectivity index (χ1v) is 8.56. The van der Waals surface area contributed by atoms with Gasteiger partial charge in [0.15, 0.2) is 11.7 Å². The van der Waals surface area contributed by atoms with E-state index < -0.39 is 0 Å². The lowest BCUT2D eigenvalue weighted by atomic mass is 9.87. The zero-order chi connectivity index (χ0) is 18.4. The molecule has 1 amide bonds. The van der Waals surface area contributed by atoms with Gasteiger partial charge in [-0.15, -0.1) is 0 Å². The molecule has 2 aromatic rings. The molecule has 2 N–H and O–H groups in total. The molecule has 0 radical (unpaired) electrons. The SMILES string of the molecule is Cc1ccc(NC(=S)NC(=O)COc2ccc(C(C)(C)C)cc2)cc1. The maximum atomic E-state index is 11.9. The summed E-state index contributed by atoms with van der Waals surface area (Å²) in [5, 5.41) is 5.82. The summed E-state index contributed by atoms with van der Waals surface area (Å²) in [6, 6.07) is 15.5. The monoisotopic (exact) mass is 356 g/mol. The first-order chi connectivity index (χ1) is 11.7. The second kappa shape index (κ2) is 8.12. The van der Waals surface area contributed by atoms with Crippen LogP contribution in [0.1, 0.15) is 31.9 Å². The predicted octanol–water partition coefficient (Wildman–Crippen LogP) is 4.18. The van der Waals surface area contributed by atoms with Gasteiger partial charge in [-0.1, -0.05) is 50.6 Å². The van der Waals surface area contributed by atoms with E-state index in [-0.39, 0.29) is 23.0 Å². The van der Waals surface area contributed by atoms with E-state index in [1.807, 2.05) is 55.5 Å². The van der Waals surface area contributed by atoms with Gasteiger partial charge in [-0.25, -0.2) is 0 Å². The topological polar surface area (TPSA) is 50.4 Å². The molecule has 0 bridgehead atoms. The van der Waals surface area contributed by atoms with Crippen molar-refractivity contribution >= 4 is 28.9 Å². The molecular formula is C20H24N2O2S. The van der Waals surface area contributed by atoms with Crippen LogP contribution < -0.4 is 15.4 Å². The molecule has 0 aliphatic rings. The van der Waals surface area contributed by atoms with Crippen molar-refractivity contribution in [3.8, 4) is 5.75 Å². The number of anilines is 1. The number of rotatable bonds is 4. The van der Waals surface area contributed by atoms with Crippen molar-refractivity contribution in [1.29, 1.82) is 0 Å². The van der Waals surface area contributed by atoms with Crippen LogP contribution in [0.5, 0.6) is 5.75 Å². The molecule has 0 aliphatic heterocycles. The highest BCUT2D eigenvalue weighted by atomic mass is 32.1. The van der Waals surface area contributed by atoms with E-state index in [4.69, 9.17) is 17.0 Å². The number of benzene rings is 2. The minimum absolute atomic E-state index is 0.0870. The number of carbonyl (C=O) groups is 1. The summed E-state index contributed by atoms with van der Waals surface area (Å²) >= 11 is 5.14. The largest absolute Gasteiger partial charge is 0.484 e. The van der Waals surface area contributed by atoms with Crippen LogP contribution in [0.25, 0.3) is 0 Å². The minimum atomic E-state index is -0.301. The normalized spacial score (nSPS) is 10.9. The molecule has 2 rings (SSSR count). The zero-order valence-electron chi connectivity index (χ0n) is 15.1. The summed E-state index contributed by atoms with van der Waals surface area (Å²) in [5.41, 5.74) is 3.29. The maximum Gasteiger partial charge on any atom is 0.264 e. The molecule has 132 valence electrons. The Morgan fingerprint density at radius 2 is 1.64 bits per heavy atom. The Hall–Kier alpha value is -2.40. The quantitative estimate of drug-likeness (QED) is 0.807. The van der Waals surface area contributed by atoms with Crippen LogP contribution in [-0.2, 0) is 10.2 Å². The van der Waals surface area contributed by atoms with Crippen LogP contribution in [0.4, 0.5) is 5.69 Å². The van der Waals surface area contributed by atoms with E-state index in [9.17, 15) is 4.79 Å². The first kappa shape index (κ1) is 18.9. The fourth-order valence-corrected chi connectivity index (χ4v) is 2.39. The van der Waals surface area contributed by atoms with Crippen LogP contribution in [0.15, 0.2) is 48.5 Å². The molecule has 0 spiro atoms. The van der Waals surface area contributed by atoms with E-state index in [1.54, 1.807) is 0 Å². The number of carbonyl (C=O) groups excluding carboxylic acids is 1. The number of hydrogen-bond acceptors (Lipinski definition) is 3. The summed E-state index contributed by atoms with van der Waals surface area (Å²) in [6.45, 7) is 8.37. The van der Waals surface area contributed by atoms with Gasteiger partial charge < -0.3 is 10.1 Å². The van der Waals surface area contributed by atoms with Crippen molar-refractivity contribution in [2.24, 2.45) is 0 Å². The van der Waals surface area contributed by atoms with Gasteiger partial charge in [-0.3, -0.25) is 10.1 Å². The Balaban J connectivity index is 1.80. The molecule has 0 heterocycles. The first-order valence-electron chi connectivity index (χ1n) is 8.15. The van der Waals surface area contributed by atoms with Gasteiger partial charge in [0.2, 0.25) is 0 Å². The standard InChI is InChI=1S/C20H24N2O2S/c1-14-5-9-16(10-6-14)21-19(25)22-18(23)13-24-17-11-7-15(8-12-17)20(2,3)4/h5-12H,13H2,1-4H3,(H2,21,22,23,25). The van der Waals surface area contributed by atoms with Crippen LogP contribution >= 0.6 is 12.2 Å². The molecule has 0 saturated heterocycles. The smallest absolute Gasteiger partial charge is 0.264 e. The second-order valence-corrected chi connectivity index (χ2v) is 7.34. The number of nitrogens with one attached hydrogen (secondary N) is 2. The molecule has 4 nitrogen and oxygen atoms in total. The molecule has 25 heavy (non-hydrogen) atoms. The summed E-state index contributed by atoms with van der Waals surface area (Å²) < 4.78 is 5.50. The molecule has 0 aliphatic carbocycles. The lowest BCUT2D eigenvalue weighted by molar-refractivity contribution is -0.121. The predicted molar refractivity (Wildman–Crippen MR) is 106 cm³/mol. The molecule has 0 unspecified atom stereocenters. The van der Waals surface area contributed by atoms with Crippen molar-refractivity contribution in [2.75, 3.05) is 11.9 Å². The highest BCUT2D eigenvalue weighted by molar-refractivity contribution is 7.80. The highest BCUT2D eigenvalue weighted by Crippen LogP contribution is 2.24. The van der Waals surface area contributed by atoms with Crippen molar-refractivity contribution in [3.63, 3.8) is 0 Å². The van der Waals surface area contributed by atoms with Gasteiger partial charge in [-0.2, -0.15) is 0 Å². The third-order valence-electron chi connectivity index (χ3n) is 3.65. The number of aryl methyl sites for hydroxylation is 1. The molecule has 0 atom stereocenters. The van der Waals surface area contributed by atoms with Gasteiger partial charge in [0.1, 0.15) is 5.75 Å². The Morgan fingerprint density at radius 1 is 1.04 bits per heavy atom. The zero-order valence-corrected chi connectivity index (χ0v) is 15.9. The van der Waals surface area contributed by atoms with Gasteiger partial charge in [-0.05, 0) is 54.4 Å². The molecule has 0 saturated carbocycles. The summed E-state index contributed by atoms with van der Waals surface area (Å²) in [7, 11) is 0. The number of hydrogen-bond donors (Lipinski definition) is 2. The molecule has 0 fully saturated rings. The Bertz CT molecular complexity index is 732. The van der Waals surface area contributed by atoms with Crippen LogP contribution in [0, 0.1) is 6.92 Å². The van der Waals surface area contributed by atoms with E-state index in [1.165, 1.54) is 5.56 Å². The average molecular weight is 356 g/mol. The second-order valence-electron chi connectivity index (χ2n) is 6.93.